The molecule has 134 valence electrons. The Hall–Kier alpha value is -2.54. The zero-order chi connectivity index (χ0) is 18.6. The molecule has 3 aromatic rings. The van der Waals surface area contributed by atoms with Gasteiger partial charge >= 0.3 is 0 Å². The Morgan fingerprint density at radius 2 is 1.27 bits per heavy atom. The summed E-state index contributed by atoms with van der Waals surface area (Å²) in [5.74, 6) is 0.528. The highest BCUT2D eigenvalue weighted by Gasteiger charge is 2.12. The van der Waals surface area contributed by atoms with Gasteiger partial charge in [-0.25, -0.2) is 0 Å². The fraction of sp³-hybridized carbons (Fsp3) is 0.280. The van der Waals surface area contributed by atoms with Crippen LogP contribution in [-0.4, -0.2) is 0 Å². The molecular formula is C25H29N. The zero-order valence-corrected chi connectivity index (χ0v) is 16.3. The third-order valence-electron chi connectivity index (χ3n) is 4.90. The number of hydrogen-bond acceptors (Lipinski definition) is 1. The molecule has 0 aliphatic heterocycles. The highest BCUT2D eigenvalue weighted by atomic mass is 14.9. The molecule has 0 aromatic heterocycles. The molecule has 1 N–H and O–H groups in total. The van der Waals surface area contributed by atoms with Crippen LogP contribution in [-0.2, 0) is 11.8 Å². The first-order chi connectivity index (χ1) is 12.4. The van der Waals surface area contributed by atoms with Crippen molar-refractivity contribution in [2.24, 2.45) is 0 Å². The number of rotatable bonds is 5. The summed E-state index contributed by atoms with van der Waals surface area (Å²) in [7, 11) is 0. The molecule has 1 atom stereocenters. The Bertz CT molecular complexity index is 809. The van der Waals surface area contributed by atoms with E-state index in [1.807, 2.05) is 0 Å². The molecule has 0 aliphatic carbocycles. The first-order valence-corrected chi connectivity index (χ1v) is 9.43. The van der Waals surface area contributed by atoms with Crippen molar-refractivity contribution in [2.75, 3.05) is 5.32 Å². The lowest BCUT2D eigenvalue weighted by Gasteiger charge is -2.19. The van der Waals surface area contributed by atoms with Gasteiger partial charge in [0.25, 0.3) is 0 Å². The number of anilines is 2. The van der Waals surface area contributed by atoms with E-state index in [0.29, 0.717) is 5.92 Å². The van der Waals surface area contributed by atoms with Gasteiger partial charge < -0.3 is 5.32 Å². The van der Waals surface area contributed by atoms with E-state index in [0.717, 1.165) is 17.8 Å². The van der Waals surface area contributed by atoms with E-state index in [1.165, 1.54) is 16.7 Å². The first kappa shape index (κ1) is 18.3. The molecule has 0 amide bonds. The SMILES string of the molecule is CC(Cc1ccc(Nc2ccc(C(C)(C)C)cc2)cc1)c1ccccc1. The molecule has 1 unspecified atom stereocenters. The van der Waals surface area contributed by atoms with Gasteiger partial charge in [-0.3, -0.25) is 0 Å². The Balaban J connectivity index is 1.62. The van der Waals surface area contributed by atoms with Crippen LogP contribution in [0.25, 0.3) is 0 Å². The van der Waals surface area contributed by atoms with E-state index in [9.17, 15) is 0 Å². The van der Waals surface area contributed by atoms with Gasteiger partial charge in [-0.15, -0.1) is 0 Å². The van der Waals surface area contributed by atoms with Crippen LogP contribution < -0.4 is 5.32 Å². The molecule has 26 heavy (non-hydrogen) atoms. The lowest BCUT2D eigenvalue weighted by Crippen LogP contribution is -2.10. The van der Waals surface area contributed by atoms with E-state index in [-0.39, 0.29) is 5.41 Å². The van der Waals surface area contributed by atoms with Crippen molar-refractivity contribution in [2.45, 2.75) is 45.4 Å². The molecule has 0 bridgehead atoms. The maximum absolute atomic E-state index is 3.49. The van der Waals surface area contributed by atoms with Crippen LogP contribution in [0.1, 0.15) is 50.3 Å². The van der Waals surface area contributed by atoms with Crippen LogP contribution >= 0.6 is 0 Å². The molecule has 0 radical (unpaired) electrons. The summed E-state index contributed by atoms with van der Waals surface area (Å²) >= 11 is 0. The number of benzene rings is 3. The molecule has 0 aliphatic rings. The molecular weight excluding hydrogens is 314 g/mol. The molecule has 0 heterocycles. The van der Waals surface area contributed by atoms with Gasteiger partial charge in [-0.1, -0.05) is 82.3 Å². The van der Waals surface area contributed by atoms with Gasteiger partial charge in [-0.05, 0) is 58.7 Å². The average molecular weight is 344 g/mol. The van der Waals surface area contributed by atoms with E-state index >= 15 is 0 Å². The predicted octanol–water partition coefficient (Wildman–Crippen LogP) is 7.07. The van der Waals surface area contributed by atoms with Crippen LogP contribution in [0.5, 0.6) is 0 Å². The third-order valence-corrected chi connectivity index (χ3v) is 4.90. The summed E-state index contributed by atoms with van der Waals surface area (Å²) in [4.78, 5) is 0. The van der Waals surface area contributed by atoms with Gasteiger partial charge in [0.05, 0.1) is 0 Å². The van der Waals surface area contributed by atoms with Crippen molar-refractivity contribution in [3.8, 4) is 0 Å². The van der Waals surface area contributed by atoms with E-state index in [4.69, 9.17) is 0 Å². The smallest absolute Gasteiger partial charge is 0.0384 e. The quantitative estimate of drug-likeness (QED) is 0.522. The van der Waals surface area contributed by atoms with Gasteiger partial charge in [0.15, 0.2) is 0 Å². The van der Waals surface area contributed by atoms with E-state index < -0.39 is 0 Å². The summed E-state index contributed by atoms with van der Waals surface area (Å²) in [5.41, 5.74) is 6.57. The van der Waals surface area contributed by atoms with E-state index in [1.54, 1.807) is 0 Å². The Labute approximate surface area is 158 Å². The summed E-state index contributed by atoms with van der Waals surface area (Å²) in [6.45, 7) is 9.01. The zero-order valence-electron chi connectivity index (χ0n) is 16.3. The molecule has 1 nitrogen and oxygen atoms in total. The van der Waals surface area contributed by atoms with Gasteiger partial charge in [0, 0.05) is 11.4 Å². The fourth-order valence-electron chi connectivity index (χ4n) is 3.20. The Kier molecular flexibility index (Phi) is 5.46. The second-order valence-corrected chi connectivity index (χ2v) is 8.17. The van der Waals surface area contributed by atoms with Gasteiger partial charge in [-0.2, -0.15) is 0 Å². The summed E-state index contributed by atoms with van der Waals surface area (Å²) in [5, 5.41) is 3.49. The minimum atomic E-state index is 0.190. The van der Waals surface area contributed by atoms with Crippen LogP contribution in [0.2, 0.25) is 0 Å². The monoisotopic (exact) mass is 343 g/mol. The molecule has 0 saturated carbocycles. The molecule has 3 aromatic carbocycles. The molecule has 0 spiro atoms. The second kappa shape index (κ2) is 7.78. The molecule has 0 saturated heterocycles. The summed E-state index contributed by atoms with van der Waals surface area (Å²) in [6.07, 6.45) is 1.06. The van der Waals surface area contributed by atoms with Crippen molar-refractivity contribution in [3.05, 3.63) is 95.6 Å². The lowest BCUT2D eigenvalue weighted by atomic mass is 9.87. The topological polar surface area (TPSA) is 12.0 Å². The summed E-state index contributed by atoms with van der Waals surface area (Å²) < 4.78 is 0. The fourth-order valence-corrected chi connectivity index (χ4v) is 3.20. The first-order valence-electron chi connectivity index (χ1n) is 9.43. The molecule has 0 fully saturated rings. The van der Waals surface area contributed by atoms with Crippen molar-refractivity contribution >= 4 is 11.4 Å². The maximum Gasteiger partial charge on any atom is 0.0384 e. The maximum atomic E-state index is 3.49. The normalized spacial score (nSPS) is 12.6. The van der Waals surface area contributed by atoms with Crippen LogP contribution in [0.3, 0.4) is 0 Å². The highest BCUT2D eigenvalue weighted by molar-refractivity contribution is 5.60. The second-order valence-electron chi connectivity index (χ2n) is 8.17. The van der Waals surface area contributed by atoms with Crippen LogP contribution in [0.15, 0.2) is 78.9 Å². The average Bonchev–Trinajstić information content (AvgIpc) is 2.64. The minimum Gasteiger partial charge on any atom is -0.356 e. The van der Waals surface area contributed by atoms with E-state index in [2.05, 4.69) is 112 Å². The van der Waals surface area contributed by atoms with Crippen molar-refractivity contribution in [3.63, 3.8) is 0 Å². The standard InChI is InChI=1S/C25H29N/c1-19(21-8-6-5-7-9-21)18-20-10-14-23(15-11-20)26-24-16-12-22(13-17-24)25(2,3)4/h5-17,19,26H,18H2,1-4H3. The number of hydrogen-bond donors (Lipinski definition) is 1. The molecule has 3 rings (SSSR count). The Morgan fingerprint density at radius 1 is 0.731 bits per heavy atom. The van der Waals surface area contributed by atoms with Crippen LogP contribution in [0, 0.1) is 0 Å². The minimum absolute atomic E-state index is 0.190. The molecule has 1 heteroatoms. The van der Waals surface area contributed by atoms with Gasteiger partial charge in [0.2, 0.25) is 0 Å². The number of nitrogens with one attached hydrogen (secondary N) is 1. The lowest BCUT2D eigenvalue weighted by molar-refractivity contribution is 0.590. The third kappa shape index (κ3) is 4.76. The summed E-state index contributed by atoms with van der Waals surface area (Å²) in [6, 6.07) is 28.3. The van der Waals surface area contributed by atoms with Crippen LogP contribution in [0.4, 0.5) is 11.4 Å². The van der Waals surface area contributed by atoms with Gasteiger partial charge in [0.1, 0.15) is 0 Å². The van der Waals surface area contributed by atoms with Crippen molar-refractivity contribution < 1.29 is 0 Å². The highest BCUT2D eigenvalue weighted by Crippen LogP contribution is 2.26. The largest absolute Gasteiger partial charge is 0.356 e. The predicted molar refractivity (Wildman–Crippen MR) is 113 cm³/mol. The Morgan fingerprint density at radius 3 is 1.81 bits per heavy atom. The van der Waals surface area contributed by atoms with Crippen molar-refractivity contribution in [1.82, 2.24) is 0 Å². The van der Waals surface area contributed by atoms with Crippen molar-refractivity contribution in [1.29, 1.82) is 0 Å².